The highest BCUT2D eigenvalue weighted by Gasteiger charge is 2.28. The smallest absolute Gasteiger partial charge is 0.231 e. The van der Waals surface area contributed by atoms with Gasteiger partial charge in [-0.15, -0.1) is 0 Å². The van der Waals surface area contributed by atoms with E-state index in [1.807, 2.05) is 6.07 Å². The van der Waals surface area contributed by atoms with Crippen molar-refractivity contribution in [1.29, 1.82) is 0 Å². The molecule has 1 saturated carbocycles. The molecule has 0 amide bonds. The molecule has 0 atom stereocenters. The third-order valence-electron chi connectivity index (χ3n) is 6.90. The van der Waals surface area contributed by atoms with E-state index in [0.717, 1.165) is 50.3 Å². The number of rotatable bonds is 7. The molecule has 0 bridgehead atoms. The standard InChI is InChI=1S/C28H32N2O2/c29-24-12-14-25(15-13-24)30(18-21-11-16-27-28(17-21)32-20-31-27)19-26(22-7-3-1-4-8-22)23-9-5-2-6-10-23/h1-11,16-17,24-26H,12-15,18-20,29H2. The molecule has 4 heteroatoms. The van der Waals surface area contributed by atoms with E-state index in [9.17, 15) is 0 Å². The summed E-state index contributed by atoms with van der Waals surface area (Å²) in [6.45, 7) is 2.18. The quantitative estimate of drug-likeness (QED) is 0.553. The van der Waals surface area contributed by atoms with Gasteiger partial charge in [0.2, 0.25) is 6.79 Å². The summed E-state index contributed by atoms with van der Waals surface area (Å²) >= 11 is 0. The summed E-state index contributed by atoms with van der Waals surface area (Å²) in [6.07, 6.45) is 4.51. The molecule has 3 aromatic rings. The van der Waals surface area contributed by atoms with Gasteiger partial charge in [-0.05, 0) is 54.5 Å². The molecule has 1 aliphatic carbocycles. The van der Waals surface area contributed by atoms with Crippen molar-refractivity contribution in [2.45, 2.75) is 50.2 Å². The van der Waals surface area contributed by atoms with Crippen LogP contribution in [0.3, 0.4) is 0 Å². The van der Waals surface area contributed by atoms with Crippen LogP contribution in [0.4, 0.5) is 0 Å². The Morgan fingerprint density at radius 3 is 2.06 bits per heavy atom. The molecule has 5 rings (SSSR count). The minimum Gasteiger partial charge on any atom is -0.454 e. The predicted molar refractivity (Wildman–Crippen MR) is 128 cm³/mol. The normalized spacial score (nSPS) is 20.1. The molecule has 1 aliphatic heterocycles. The largest absolute Gasteiger partial charge is 0.454 e. The molecule has 3 aromatic carbocycles. The summed E-state index contributed by atoms with van der Waals surface area (Å²) < 4.78 is 11.2. The molecule has 32 heavy (non-hydrogen) atoms. The van der Waals surface area contributed by atoms with Gasteiger partial charge in [-0.25, -0.2) is 0 Å². The van der Waals surface area contributed by atoms with E-state index in [1.54, 1.807) is 0 Å². The van der Waals surface area contributed by atoms with Crippen molar-refractivity contribution in [3.63, 3.8) is 0 Å². The zero-order chi connectivity index (χ0) is 21.8. The van der Waals surface area contributed by atoms with E-state index < -0.39 is 0 Å². The van der Waals surface area contributed by atoms with E-state index >= 15 is 0 Å². The van der Waals surface area contributed by atoms with Crippen LogP contribution in [0.2, 0.25) is 0 Å². The SMILES string of the molecule is NC1CCC(N(Cc2ccc3c(c2)OCO3)CC(c2ccccc2)c2ccccc2)CC1. The molecular formula is C28H32N2O2. The highest BCUT2D eigenvalue weighted by molar-refractivity contribution is 5.44. The highest BCUT2D eigenvalue weighted by Crippen LogP contribution is 2.35. The van der Waals surface area contributed by atoms with Crippen LogP contribution in [-0.2, 0) is 6.54 Å². The van der Waals surface area contributed by atoms with Crippen LogP contribution >= 0.6 is 0 Å². The fraction of sp³-hybridized carbons (Fsp3) is 0.357. The van der Waals surface area contributed by atoms with Crippen molar-refractivity contribution in [3.05, 3.63) is 95.6 Å². The predicted octanol–water partition coefficient (Wildman–Crippen LogP) is 5.32. The molecule has 166 valence electrons. The van der Waals surface area contributed by atoms with E-state index in [0.29, 0.717) is 24.8 Å². The average molecular weight is 429 g/mol. The van der Waals surface area contributed by atoms with Crippen LogP contribution in [0.15, 0.2) is 78.9 Å². The van der Waals surface area contributed by atoms with Crippen LogP contribution in [0, 0.1) is 0 Å². The molecule has 1 heterocycles. The number of nitrogens with zero attached hydrogens (tertiary/aromatic N) is 1. The average Bonchev–Trinajstić information content (AvgIpc) is 3.31. The summed E-state index contributed by atoms with van der Waals surface area (Å²) in [5, 5.41) is 0. The summed E-state index contributed by atoms with van der Waals surface area (Å²) in [5.41, 5.74) is 10.2. The lowest BCUT2D eigenvalue weighted by molar-refractivity contribution is 0.137. The first-order valence-electron chi connectivity index (χ1n) is 11.7. The van der Waals surface area contributed by atoms with Gasteiger partial charge in [-0.1, -0.05) is 66.7 Å². The van der Waals surface area contributed by atoms with Gasteiger partial charge in [0, 0.05) is 31.1 Å². The Balaban J connectivity index is 1.44. The summed E-state index contributed by atoms with van der Waals surface area (Å²) in [5.74, 6) is 2.02. The van der Waals surface area contributed by atoms with E-state index in [4.69, 9.17) is 15.2 Å². The van der Waals surface area contributed by atoms with Crippen LogP contribution < -0.4 is 15.2 Å². The zero-order valence-electron chi connectivity index (χ0n) is 18.5. The fourth-order valence-corrected chi connectivity index (χ4v) is 5.09. The van der Waals surface area contributed by atoms with Crippen molar-refractivity contribution in [3.8, 4) is 11.5 Å². The zero-order valence-corrected chi connectivity index (χ0v) is 18.5. The maximum Gasteiger partial charge on any atom is 0.231 e. The number of hydrogen-bond acceptors (Lipinski definition) is 4. The van der Waals surface area contributed by atoms with Crippen molar-refractivity contribution in [2.24, 2.45) is 5.73 Å². The molecule has 4 nitrogen and oxygen atoms in total. The topological polar surface area (TPSA) is 47.7 Å². The lowest BCUT2D eigenvalue weighted by Gasteiger charge is -2.38. The Hall–Kier alpha value is -2.82. The van der Waals surface area contributed by atoms with E-state index in [1.165, 1.54) is 16.7 Å². The molecule has 0 unspecified atom stereocenters. The number of ether oxygens (including phenoxy) is 2. The lowest BCUT2D eigenvalue weighted by Crippen LogP contribution is -2.42. The Bertz CT molecular complexity index is 961. The molecule has 2 N–H and O–H groups in total. The second kappa shape index (κ2) is 9.76. The molecular weight excluding hydrogens is 396 g/mol. The molecule has 0 aromatic heterocycles. The minimum absolute atomic E-state index is 0.313. The molecule has 2 aliphatic rings. The lowest BCUT2D eigenvalue weighted by atomic mass is 9.87. The van der Waals surface area contributed by atoms with Gasteiger partial charge in [0.15, 0.2) is 11.5 Å². The van der Waals surface area contributed by atoms with Crippen molar-refractivity contribution >= 4 is 0 Å². The summed E-state index contributed by atoms with van der Waals surface area (Å²) in [7, 11) is 0. The Morgan fingerprint density at radius 2 is 1.41 bits per heavy atom. The third-order valence-corrected chi connectivity index (χ3v) is 6.90. The van der Waals surface area contributed by atoms with Crippen molar-refractivity contribution in [1.82, 2.24) is 4.90 Å². The monoisotopic (exact) mass is 428 g/mol. The summed E-state index contributed by atoms with van der Waals surface area (Å²) in [4.78, 5) is 2.67. The van der Waals surface area contributed by atoms with Gasteiger partial charge in [0.25, 0.3) is 0 Å². The van der Waals surface area contributed by atoms with E-state index in [2.05, 4.69) is 77.7 Å². The van der Waals surface area contributed by atoms with Crippen molar-refractivity contribution in [2.75, 3.05) is 13.3 Å². The van der Waals surface area contributed by atoms with Crippen LogP contribution in [0.5, 0.6) is 11.5 Å². The Morgan fingerprint density at radius 1 is 0.781 bits per heavy atom. The minimum atomic E-state index is 0.313. The van der Waals surface area contributed by atoms with Crippen LogP contribution in [0.25, 0.3) is 0 Å². The molecule has 0 saturated heterocycles. The summed E-state index contributed by atoms with van der Waals surface area (Å²) in [6, 6.07) is 29.0. The first kappa shape index (κ1) is 21.0. The van der Waals surface area contributed by atoms with E-state index in [-0.39, 0.29) is 0 Å². The first-order chi connectivity index (χ1) is 15.8. The Labute approximate surface area is 191 Å². The van der Waals surface area contributed by atoms with Gasteiger partial charge in [0.05, 0.1) is 0 Å². The van der Waals surface area contributed by atoms with Gasteiger partial charge < -0.3 is 15.2 Å². The molecule has 1 fully saturated rings. The van der Waals surface area contributed by atoms with Crippen LogP contribution in [0.1, 0.15) is 48.3 Å². The maximum absolute atomic E-state index is 6.25. The fourth-order valence-electron chi connectivity index (χ4n) is 5.09. The first-order valence-corrected chi connectivity index (χ1v) is 11.7. The third kappa shape index (κ3) is 4.82. The molecule has 0 spiro atoms. The number of benzene rings is 3. The number of fused-ring (bicyclic) bond motifs is 1. The van der Waals surface area contributed by atoms with Crippen LogP contribution in [-0.4, -0.2) is 30.3 Å². The second-order valence-electron chi connectivity index (χ2n) is 9.06. The Kier molecular flexibility index (Phi) is 6.42. The molecule has 0 radical (unpaired) electrons. The van der Waals surface area contributed by atoms with Crippen molar-refractivity contribution < 1.29 is 9.47 Å². The number of nitrogens with two attached hydrogens (primary N) is 1. The maximum atomic E-state index is 6.25. The van der Waals surface area contributed by atoms with Gasteiger partial charge in [0.1, 0.15) is 0 Å². The second-order valence-corrected chi connectivity index (χ2v) is 9.06. The highest BCUT2D eigenvalue weighted by atomic mass is 16.7. The van der Waals surface area contributed by atoms with Gasteiger partial charge in [-0.2, -0.15) is 0 Å². The van der Waals surface area contributed by atoms with Gasteiger partial charge >= 0.3 is 0 Å². The number of hydrogen-bond donors (Lipinski definition) is 1. The van der Waals surface area contributed by atoms with Gasteiger partial charge in [-0.3, -0.25) is 4.90 Å².